The first kappa shape index (κ1) is 12.6. The highest BCUT2D eigenvalue weighted by molar-refractivity contribution is 5.49. The van der Waals surface area contributed by atoms with E-state index < -0.39 is 0 Å². The van der Waals surface area contributed by atoms with Crippen LogP contribution in [-0.4, -0.2) is 19.6 Å². The Kier molecular flexibility index (Phi) is 4.32. The van der Waals surface area contributed by atoms with Crippen LogP contribution >= 0.6 is 0 Å². The third-order valence-electron chi connectivity index (χ3n) is 2.96. The number of nitrogens with one attached hydrogen (secondary N) is 2. The van der Waals surface area contributed by atoms with E-state index in [4.69, 9.17) is 5.26 Å². The number of hydrogen-bond acceptors (Lipinski definition) is 3. The largest absolute Gasteiger partial charge is 0.385 e. The first-order valence-electron chi connectivity index (χ1n) is 6.11. The van der Waals surface area contributed by atoms with Gasteiger partial charge >= 0.3 is 0 Å². The lowest BCUT2D eigenvalue weighted by Crippen LogP contribution is -2.21. The predicted octanol–water partition coefficient (Wildman–Crippen LogP) is 2.42. The highest BCUT2D eigenvalue weighted by atomic mass is 19.1. The van der Waals surface area contributed by atoms with E-state index in [0.29, 0.717) is 11.3 Å². The zero-order valence-corrected chi connectivity index (χ0v) is 10.2. The second kappa shape index (κ2) is 6.18. The van der Waals surface area contributed by atoms with Crippen LogP contribution in [0.4, 0.5) is 10.1 Å². The summed E-state index contributed by atoms with van der Waals surface area (Å²) < 4.78 is 13.2. The van der Waals surface area contributed by atoms with E-state index >= 15 is 0 Å². The van der Waals surface area contributed by atoms with Gasteiger partial charge in [-0.3, -0.25) is 0 Å². The Labute approximate surface area is 106 Å². The minimum absolute atomic E-state index is 0.346. The van der Waals surface area contributed by atoms with Gasteiger partial charge in [0.05, 0.1) is 11.6 Å². The summed E-state index contributed by atoms with van der Waals surface area (Å²) >= 11 is 0. The molecule has 0 saturated carbocycles. The Morgan fingerprint density at radius 3 is 3.00 bits per heavy atom. The fraction of sp³-hybridized carbons (Fsp3) is 0.357. The average molecular weight is 245 g/mol. The Morgan fingerprint density at radius 1 is 1.39 bits per heavy atom. The molecule has 0 radical (unpaired) electrons. The molecule has 0 atom stereocenters. The molecule has 1 heterocycles. The summed E-state index contributed by atoms with van der Waals surface area (Å²) in [4.78, 5) is 0. The molecule has 0 bridgehead atoms. The number of halogens is 1. The minimum atomic E-state index is -0.377. The van der Waals surface area contributed by atoms with Crippen molar-refractivity contribution in [3.8, 4) is 6.07 Å². The smallest absolute Gasteiger partial charge is 0.126 e. The third kappa shape index (κ3) is 3.57. The van der Waals surface area contributed by atoms with E-state index in [0.717, 1.165) is 32.5 Å². The van der Waals surface area contributed by atoms with Gasteiger partial charge in [-0.15, -0.1) is 0 Å². The molecule has 2 N–H and O–H groups in total. The van der Waals surface area contributed by atoms with Gasteiger partial charge in [-0.1, -0.05) is 11.6 Å². The van der Waals surface area contributed by atoms with E-state index in [2.05, 4.69) is 16.7 Å². The average Bonchev–Trinajstić information content (AvgIpc) is 2.39. The molecule has 0 amide bonds. The normalized spacial score (nSPS) is 14.8. The second-order valence-corrected chi connectivity index (χ2v) is 4.33. The van der Waals surface area contributed by atoms with E-state index in [1.165, 1.54) is 17.7 Å². The first-order chi connectivity index (χ1) is 8.78. The lowest BCUT2D eigenvalue weighted by atomic mass is 10.1. The maximum Gasteiger partial charge on any atom is 0.126 e. The van der Waals surface area contributed by atoms with Crippen molar-refractivity contribution in [1.82, 2.24) is 5.32 Å². The van der Waals surface area contributed by atoms with Gasteiger partial charge < -0.3 is 10.6 Å². The minimum Gasteiger partial charge on any atom is -0.385 e. The number of nitrogens with zero attached hydrogens (tertiary/aromatic N) is 1. The van der Waals surface area contributed by atoms with Crippen LogP contribution in [0.25, 0.3) is 0 Å². The van der Waals surface area contributed by atoms with Gasteiger partial charge in [0.2, 0.25) is 0 Å². The Morgan fingerprint density at radius 2 is 2.28 bits per heavy atom. The van der Waals surface area contributed by atoms with Crippen LogP contribution in [-0.2, 0) is 0 Å². The molecule has 2 rings (SSSR count). The van der Waals surface area contributed by atoms with Crippen LogP contribution in [0.15, 0.2) is 29.8 Å². The molecule has 0 aliphatic carbocycles. The van der Waals surface area contributed by atoms with E-state index in [1.54, 1.807) is 6.07 Å². The molecular formula is C14H16FN3. The van der Waals surface area contributed by atoms with Crippen LogP contribution in [0.1, 0.15) is 18.4 Å². The SMILES string of the molecule is N#Cc1cc(F)cc(NCCC2=CCNCC2)c1. The molecular weight excluding hydrogens is 229 g/mol. The van der Waals surface area contributed by atoms with Crippen molar-refractivity contribution in [2.75, 3.05) is 25.0 Å². The lowest BCUT2D eigenvalue weighted by Gasteiger charge is -2.14. The maximum atomic E-state index is 13.2. The van der Waals surface area contributed by atoms with Crippen molar-refractivity contribution in [3.05, 3.63) is 41.2 Å². The number of rotatable bonds is 4. The molecule has 1 aliphatic heterocycles. The van der Waals surface area contributed by atoms with Crippen LogP contribution < -0.4 is 10.6 Å². The summed E-state index contributed by atoms with van der Waals surface area (Å²) in [5, 5.41) is 15.2. The van der Waals surface area contributed by atoms with Crippen LogP contribution in [0, 0.1) is 17.1 Å². The molecule has 1 aromatic carbocycles. The fourth-order valence-corrected chi connectivity index (χ4v) is 2.02. The van der Waals surface area contributed by atoms with Crippen molar-refractivity contribution in [2.45, 2.75) is 12.8 Å². The Hall–Kier alpha value is -1.86. The standard InChI is InChI=1S/C14H16FN3/c15-13-7-12(10-16)8-14(9-13)18-6-3-11-1-4-17-5-2-11/h1,7-9,17-18H,2-6H2. The molecule has 1 aliphatic rings. The summed E-state index contributed by atoms with van der Waals surface area (Å²) in [5.74, 6) is -0.377. The van der Waals surface area contributed by atoms with E-state index in [1.807, 2.05) is 6.07 Å². The summed E-state index contributed by atoms with van der Waals surface area (Å²) in [5.41, 5.74) is 2.44. The highest BCUT2D eigenvalue weighted by Crippen LogP contribution is 2.15. The van der Waals surface area contributed by atoms with E-state index in [9.17, 15) is 4.39 Å². The van der Waals surface area contributed by atoms with E-state index in [-0.39, 0.29) is 5.82 Å². The van der Waals surface area contributed by atoms with Gasteiger partial charge in [0.1, 0.15) is 5.82 Å². The molecule has 4 heteroatoms. The summed E-state index contributed by atoms with van der Waals surface area (Å²) in [7, 11) is 0. The van der Waals surface area contributed by atoms with Gasteiger partial charge in [-0.2, -0.15) is 5.26 Å². The van der Waals surface area contributed by atoms with Gasteiger partial charge in [0, 0.05) is 18.8 Å². The van der Waals surface area contributed by atoms with Crippen molar-refractivity contribution in [1.29, 1.82) is 5.26 Å². The van der Waals surface area contributed by atoms with Crippen LogP contribution in [0.2, 0.25) is 0 Å². The number of nitriles is 1. The molecule has 0 fully saturated rings. The first-order valence-corrected chi connectivity index (χ1v) is 6.11. The maximum absolute atomic E-state index is 13.2. The van der Waals surface area contributed by atoms with Gasteiger partial charge in [0.15, 0.2) is 0 Å². The fourth-order valence-electron chi connectivity index (χ4n) is 2.02. The monoisotopic (exact) mass is 245 g/mol. The molecule has 3 nitrogen and oxygen atoms in total. The Bertz CT molecular complexity index is 488. The molecule has 0 unspecified atom stereocenters. The van der Waals surface area contributed by atoms with Crippen molar-refractivity contribution in [3.63, 3.8) is 0 Å². The zero-order chi connectivity index (χ0) is 12.8. The molecule has 18 heavy (non-hydrogen) atoms. The second-order valence-electron chi connectivity index (χ2n) is 4.33. The van der Waals surface area contributed by atoms with Crippen molar-refractivity contribution in [2.24, 2.45) is 0 Å². The van der Waals surface area contributed by atoms with Gasteiger partial charge in [-0.05, 0) is 37.6 Å². The molecule has 0 aromatic heterocycles. The number of hydrogen-bond donors (Lipinski definition) is 2. The molecule has 0 saturated heterocycles. The number of anilines is 1. The quantitative estimate of drug-likeness (QED) is 0.801. The molecule has 94 valence electrons. The predicted molar refractivity (Wildman–Crippen MR) is 69.8 cm³/mol. The Balaban J connectivity index is 1.88. The topological polar surface area (TPSA) is 47.9 Å². The lowest BCUT2D eigenvalue weighted by molar-refractivity contribution is 0.627. The molecule has 0 spiro atoms. The van der Waals surface area contributed by atoms with Crippen molar-refractivity contribution >= 4 is 5.69 Å². The summed E-state index contributed by atoms with van der Waals surface area (Å²) in [6, 6.07) is 6.27. The van der Waals surface area contributed by atoms with Gasteiger partial charge in [-0.25, -0.2) is 4.39 Å². The van der Waals surface area contributed by atoms with Gasteiger partial charge in [0.25, 0.3) is 0 Å². The molecule has 1 aromatic rings. The van der Waals surface area contributed by atoms with Crippen LogP contribution in [0.3, 0.4) is 0 Å². The van der Waals surface area contributed by atoms with Crippen molar-refractivity contribution < 1.29 is 4.39 Å². The summed E-state index contributed by atoms with van der Waals surface area (Å²) in [6.45, 7) is 2.73. The van der Waals surface area contributed by atoms with Crippen LogP contribution in [0.5, 0.6) is 0 Å². The number of benzene rings is 1. The third-order valence-corrected chi connectivity index (χ3v) is 2.96. The zero-order valence-electron chi connectivity index (χ0n) is 10.2. The summed E-state index contributed by atoms with van der Waals surface area (Å²) in [6.07, 6.45) is 4.24. The highest BCUT2D eigenvalue weighted by Gasteiger charge is 2.03.